The van der Waals surface area contributed by atoms with E-state index in [1.54, 1.807) is 0 Å². The average Bonchev–Trinajstić information content (AvgIpc) is 2.30. The maximum absolute atomic E-state index is 11.0. The Hall–Kier alpha value is -1.10. The molecule has 0 fully saturated rings. The normalized spacial score (nSPS) is 31.9. The van der Waals surface area contributed by atoms with Crippen molar-refractivity contribution in [3.8, 4) is 0 Å². The lowest BCUT2D eigenvalue weighted by Gasteiger charge is -2.19. The van der Waals surface area contributed by atoms with E-state index in [9.17, 15) is 4.79 Å². The summed E-state index contributed by atoms with van der Waals surface area (Å²) >= 11 is 0. The van der Waals surface area contributed by atoms with Gasteiger partial charge in [-0.2, -0.15) is 9.37 Å². The molecule has 1 aliphatic heterocycles. The van der Waals surface area contributed by atoms with E-state index in [2.05, 4.69) is 16.2 Å². The zero-order chi connectivity index (χ0) is 10.9. The van der Waals surface area contributed by atoms with Crippen molar-refractivity contribution in [1.29, 1.82) is 0 Å². The number of nitrogens with zero attached hydrogens (tertiary/aromatic N) is 2. The molecule has 1 heterocycles. The maximum atomic E-state index is 11.0. The number of methoxy groups -OCH3 is 1. The second kappa shape index (κ2) is 3.57. The highest BCUT2D eigenvalue weighted by Crippen LogP contribution is 2.17. The van der Waals surface area contributed by atoms with Gasteiger partial charge in [0.1, 0.15) is 14.1 Å². The molecule has 0 saturated heterocycles. The Morgan fingerprint density at radius 2 is 2.21 bits per heavy atom. The van der Waals surface area contributed by atoms with E-state index in [0.29, 0.717) is 6.04 Å². The largest absolute Gasteiger partial charge is 0.559 e. The highest BCUT2D eigenvalue weighted by Gasteiger charge is 2.49. The fraction of sp³-hybridized carbons (Fsp3) is 0.778. The number of hydrogen-bond donors (Lipinski definition) is 0. The number of rotatable bonds is 1. The highest BCUT2D eigenvalue weighted by molar-refractivity contribution is 5.69. The number of hydrogen-bond acceptors (Lipinski definition) is 3. The smallest absolute Gasteiger partial charge is 0.434 e. The van der Waals surface area contributed by atoms with Crippen LogP contribution < -0.4 is 0 Å². The predicted octanol–water partition coefficient (Wildman–Crippen LogP) is 0.594. The molecule has 0 aliphatic carbocycles. The van der Waals surface area contributed by atoms with Gasteiger partial charge < -0.3 is 4.74 Å². The third-order valence-corrected chi connectivity index (χ3v) is 2.91. The first-order chi connectivity index (χ1) is 6.40. The van der Waals surface area contributed by atoms with E-state index in [-0.39, 0.29) is 4.65 Å². The molecule has 0 bridgehead atoms. The number of quaternary nitrogens is 1. The number of ether oxygens (including phenoxy) is 1. The zero-order valence-electron chi connectivity index (χ0n) is 9.40. The maximum Gasteiger partial charge on any atom is 0.559 e. The van der Waals surface area contributed by atoms with Crippen LogP contribution in [0.5, 0.6) is 0 Å². The number of hydroxylamine groups is 3. The summed E-state index contributed by atoms with van der Waals surface area (Å²) in [5.41, 5.74) is 0. The van der Waals surface area contributed by atoms with Crippen LogP contribution >= 0.6 is 0 Å². The minimum absolute atomic E-state index is 0.171. The van der Waals surface area contributed by atoms with Gasteiger partial charge in [-0.15, -0.1) is 0 Å². The third-order valence-electron chi connectivity index (χ3n) is 2.91. The van der Waals surface area contributed by atoms with Crippen LogP contribution in [0.15, 0.2) is 0 Å². The Morgan fingerprint density at radius 1 is 1.64 bits per heavy atom. The van der Waals surface area contributed by atoms with Gasteiger partial charge in [0.25, 0.3) is 0 Å². The lowest BCUT2D eigenvalue weighted by Crippen LogP contribution is -2.48. The third kappa shape index (κ3) is 1.72. The molecule has 1 aliphatic rings. The fourth-order valence-electron chi connectivity index (χ4n) is 1.72. The SMILES string of the molecule is COC(=O)O[N+]1(C)CC(C)[N+](C)=C1C. The lowest BCUT2D eigenvalue weighted by atomic mass is 10.3. The minimum atomic E-state index is -0.644. The van der Waals surface area contributed by atoms with E-state index in [1.807, 2.05) is 21.0 Å². The number of carbonyl (C=O) groups is 1. The number of likely N-dealkylation sites (N-methyl/N-ethyl adjacent to an activating group) is 2. The molecule has 0 aromatic heterocycles. The molecule has 5 nitrogen and oxygen atoms in total. The van der Waals surface area contributed by atoms with Crippen LogP contribution in [0.2, 0.25) is 0 Å². The zero-order valence-corrected chi connectivity index (χ0v) is 9.40. The Kier molecular flexibility index (Phi) is 2.80. The van der Waals surface area contributed by atoms with Gasteiger partial charge in [0, 0.05) is 6.92 Å². The summed E-state index contributed by atoms with van der Waals surface area (Å²) in [6.07, 6.45) is -0.644. The Balaban J connectivity index is 2.83. The predicted molar refractivity (Wildman–Crippen MR) is 50.9 cm³/mol. The summed E-state index contributed by atoms with van der Waals surface area (Å²) in [5, 5.41) is 0. The van der Waals surface area contributed by atoms with Crippen LogP contribution in [0.3, 0.4) is 0 Å². The first kappa shape index (κ1) is 11.0. The molecule has 1 rings (SSSR count). The molecule has 14 heavy (non-hydrogen) atoms. The lowest BCUT2D eigenvalue weighted by molar-refractivity contribution is -1.00. The quantitative estimate of drug-likeness (QED) is 0.355. The van der Waals surface area contributed by atoms with Gasteiger partial charge in [-0.1, -0.05) is 0 Å². The van der Waals surface area contributed by atoms with Crippen LogP contribution in [0.1, 0.15) is 13.8 Å². The molecule has 2 unspecified atom stereocenters. The molecule has 0 amide bonds. The van der Waals surface area contributed by atoms with Gasteiger partial charge in [0.05, 0.1) is 14.0 Å². The van der Waals surface area contributed by atoms with Crippen molar-refractivity contribution < 1.29 is 23.6 Å². The molecule has 0 radical (unpaired) electrons. The number of carbonyl (C=O) groups excluding carboxylic acids is 1. The average molecular weight is 202 g/mol. The van der Waals surface area contributed by atoms with Crippen molar-refractivity contribution >= 4 is 12.0 Å². The van der Waals surface area contributed by atoms with E-state index < -0.39 is 6.16 Å². The van der Waals surface area contributed by atoms with E-state index in [4.69, 9.17) is 4.84 Å². The van der Waals surface area contributed by atoms with Crippen LogP contribution in [0.4, 0.5) is 4.79 Å². The van der Waals surface area contributed by atoms with Crippen molar-refractivity contribution in [3.05, 3.63) is 0 Å². The summed E-state index contributed by atoms with van der Waals surface area (Å²) in [7, 11) is 5.16. The van der Waals surface area contributed by atoms with E-state index in [0.717, 1.165) is 12.4 Å². The summed E-state index contributed by atoms with van der Waals surface area (Å²) in [5.74, 6) is 1.00. The van der Waals surface area contributed by atoms with Crippen molar-refractivity contribution in [1.82, 2.24) is 0 Å². The number of amidine groups is 1. The standard InChI is InChI=1S/C9H18N2O3/c1-7-6-11(4,8(2)10(7)3)14-9(12)13-5/h7H,6H2,1-5H3/q+2. The Labute approximate surface area is 84.1 Å². The van der Waals surface area contributed by atoms with Crippen LogP contribution in [0, 0.1) is 0 Å². The van der Waals surface area contributed by atoms with Gasteiger partial charge in [-0.25, -0.2) is 4.84 Å². The highest BCUT2D eigenvalue weighted by atomic mass is 16.8. The van der Waals surface area contributed by atoms with Crippen molar-refractivity contribution in [3.63, 3.8) is 0 Å². The first-order valence-corrected chi connectivity index (χ1v) is 4.60. The van der Waals surface area contributed by atoms with Crippen molar-refractivity contribution in [2.75, 3.05) is 27.7 Å². The topological polar surface area (TPSA) is 38.5 Å². The van der Waals surface area contributed by atoms with Gasteiger partial charge in [-0.05, 0) is 4.65 Å². The van der Waals surface area contributed by atoms with Crippen LogP contribution in [0.25, 0.3) is 0 Å². The molecule has 80 valence electrons. The monoisotopic (exact) mass is 202 g/mol. The van der Waals surface area contributed by atoms with Crippen LogP contribution in [-0.2, 0) is 9.57 Å². The summed E-state index contributed by atoms with van der Waals surface area (Å²) in [6, 6.07) is 0.365. The minimum Gasteiger partial charge on any atom is -0.434 e. The first-order valence-electron chi connectivity index (χ1n) is 4.60. The molecule has 0 aromatic rings. The van der Waals surface area contributed by atoms with Crippen molar-refractivity contribution in [2.24, 2.45) is 0 Å². The van der Waals surface area contributed by atoms with Crippen molar-refractivity contribution in [2.45, 2.75) is 19.9 Å². The molecule has 0 spiro atoms. The van der Waals surface area contributed by atoms with Gasteiger partial charge in [-0.3, -0.25) is 0 Å². The fourth-order valence-corrected chi connectivity index (χ4v) is 1.72. The molecule has 0 saturated carbocycles. The van der Waals surface area contributed by atoms with E-state index >= 15 is 0 Å². The Bertz CT molecular complexity index is 288. The summed E-state index contributed by atoms with van der Waals surface area (Å²) in [4.78, 5) is 16.2. The van der Waals surface area contributed by atoms with Crippen LogP contribution in [-0.4, -0.2) is 55.0 Å². The molecular formula is C9H18N2O3+2. The second-order valence-electron chi connectivity index (χ2n) is 3.84. The van der Waals surface area contributed by atoms with Gasteiger partial charge >= 0.3 is 12.0 Å². The molecule has 2 atom stereocenters. The Morgan fingerprint density at radius 3 is 2.57 bits per heavy atom. The molecule has 5 heteroatoms. The molecule has 0 N–H and O–H groups in total. The van der Waals surface area contributed by atoms with E-state index in [1.165, 1.54) is 7.11 Å². The summed E-state index contributed by atoms with van der Waals surface area (Å²) < 4.78 is 6.76. The second-order valence-corrected chi connectivity index (χ2v) is 3.84. The van der Waals surface area contributed by atoms with Gasteiger partial charge in [0.2, 0.25) is 6.04 Å². The molecular weight excluding hydrogens is 184 g/mol. The van der Waals surface area contributed by atoms with Gasteiger partial charge in [0.15, 0.2) is 6.54 Å². The summed E-state index contributed by atoms with van der Waals surface area (Å²) in [6.45, 7) is 4.79. The molecule has 0 aromatic carbocycles.